The smallest absolute Gasteiger partial charge is 0.181 e. The SMILES string of the molecule is CC(=O)CC(=O)c1cc(Cl)cc2sc(N)nc12. The number of ketones is 2. The number of nitrogens with two attached hydrogens (primary N) is 1. The molecule has 1 heterocycles. The molecule has 1 aromatic heterocycles. The van der Waals surface area contributed by atoms with Gasteiger partial charge < -0.3 is 5.73 Å². The third-order valence-electron chi connectivity index (χ3n) is 2.19. The van der Waals surface area contributed by atoms with Crippen molar-refractivity contribution in [2.75, 3.05) is 5.73 Å². The zero-order chi connectivity index (χ0) is 12.6. The average molecular weight is 269 g/mol. The highest BCUT2D eigenvalue weighted by atomic mass is 35.5. The number of carbonyl (C=O) groups is 2. The lowest BCUT2D eigenvalue weighted by Crippen LogP contribution is -2.05. The molecule has 0 spiro atoms. The van der Waals surface area contributed by atoms with Crippen LogP contribution in [0.25, 0.3) is 10.2 Å². The van der Waals surface area contributed by atoms with Gasteiger partial charge in [-0.2, -0.15) is 0 Å². The molecule has 88 valence electrons. The van der Waals surface area contributed by atoms with Crippen molar-refractivity contribution in [3.8, 4) is 0 Å². The maximum absolute atomic E-state index is 11.9. The molecule has 0 radical (unpaired) electrons. The molecule has 0 aliphatic rings. The zero-order valence-corrected chi connectivity index (χ0v) is 10.6. The average Bonchev–Trinajstić information content (AvgIpc) is 2.55. The molecular formula is C11H9ClN2O2S. The number of hydrogen-bond acceptors (Lipinski definition) is 5. The number of carbonyl (C=O) groups excluding carboxylic acids is 2. The number of anilines is 1. The predicted molar refractivity (Wildman–Crippen MR) is 68.7 cm³/mol. The van der Waals surface area contributed by atoms with Crippen molar-refractivity contribution in [2.45, 2.75) is 13.3 Å². The molecule has 17 heavy (non-hydrogen) atoms. The van der Waals surface area contributed by atoms with Gasteiger partial charge in [-0.25, -0.2) is 4.98 Å². The van der Waals surface area contributed by atoms with Crippen molar-refractivity contribution in [1.82, 2.24) is 4.98 Å². The minimum atomic E-state index is -0.282. The molecule has 0 unspecified atom stereocenters. The topological polar surface area (TPSA) is 73.0 Å². The van der Waals surface area contributed by atoms with Crippen LogP contribution in [0.3, 0.4) is 0 Å². The van der Waals surface area contributed by atoms with E-state index in [1.807, 2.05) is 0 Å². The maximum atomic E-state index is 11.9. The Kier molecular flexibility index (Phi) is 3.13. The van der Waals surface area contributed by atoms with Crippen LogP contribution in [-0.4, -0.2) is 16.6 Å². The van der Waals surface area contributed by atoms with E-state index in [-0.39, 0.29) is 18.0 Å². The van der Waals surface area contributed by atoms with Crippen LogP contribution in [0.1, 0.15) is 23.7 Å². The summed E-state index contributed by atoms with van der Waals surface area (Å²) in [5.41, 5.74) is 6.47. The van der Waals surface area contributed by atoms with E-state index in [1.54, 1.807) is 6.07 Å². The molecule has 0 amide bonds. The Balaban J connectivity index is 2.59. The summed E-state index contributed by atoms with van der Waals surface area (Å²) in [4.78, 5) is 26.9. The summed E-state index contributed by atoms with van der Waals surface area (Å²) in [6.45, 7) is 1.37. The molecule has 0 aliphatic carbocycles. The Bertz CT molecular complexity index is 621. The van der Waals surface area contributed by atoms with E-state index in [1.165, 1.54) is 24.3 Å². The summed E-state index contributed by atoms with van der Waals surface area (Å²) in [6, 6.07) is 3.23. The normalized spacial score (nSPS) is 10.7. The number of rotatable bonds is 3. The number of fused-ring (bicyclic) bond motifs is 1. The van der Waals surface area contributed by atoms with Gasteiger partial charge in [0, 0.05) is 10.6 Å². The van der Waals surface area contributed by atoms with Crippen molar-refractivity contribution in [3.63, 3.8) is 0 Å². The fourth-order valence-corrected chi connectivity index (χ4v) is 2.63. The number of thiazole rings is 1. The summed E-state index contributed by atoms with van der Waals surface area (Å²) in [7, 11) is 0. The van der Waals surface area contributed by atoms with Gasteiger partial charge >= 0.3 is 0 Å². The minimum absolute atomic E-state index is 0.146. The Hall–Kier alpha value is -1.46. The lowest BCUT2D eigenvalue weighted by Gasteiger charge is -2.01. The van der Waals surface area contributed by atoms with Gasteiger partial charge in [-0.3, -0.25) is 9.59 Å². The first-order valence-corrected chi connectivity index (χ1v) is 6.05. The van der Waals surface area contributed by atoms with Gasteiger partial charge in [-0.1, -0.05) is 22.9 Å². The van der Waals surface area contributed by atoms with Gasteiger partial charge in [0.25, 0.3) is 0 Å². The standard InChI is InChI=1S/C11H9ClN2O2S/c1-5(15)2-8(16)7-3-6(12)4-9-10(7)14-11(13)17-9/h3-4H,2H2,1H3,(H2,13,14). The molecule has 0 saturated carbocycles. The van der Waals surface area contributed by atoms with E-state index in [9.17, 15) is 9.59 Å². The van der Waals surface area contributed by atoms with Crippen molar-refractivity contribution in [2.24, 2.45) is 0 Å². The summed E-state index contributed by atoms with van der Waals surface area (Å²) in [6.07, 6.45) is -0.146. The second kappa shape index (κ2) is 4.43. The molecule has 0 atom stereocenters. The maximum Gasteiger partial charge on any atom is 0.181 e. The van der Waals surface area contributed by atoms with E-state index < -0.39 is 0 Å². The second-order valence-electron chi connectivity index (χ2n) is 3.65. The summed E-state index contributed by atoms with van der Waals surface area (Å²) in [5.74, 6) is -0.471. The Morgan fingerprint density at radius 2 is 2.18 bits per heavy atom. The number of benzene rings is 1. The highest BCUT2D eigenvalue weighted by Gasteiger charge is 2.16. The van der Waals surface area contributed by atoms with Crippen LogP contribution >= 0.6 is 22.9 Å². The first-order chi connectivity index (χ1) is 7.97. The Morgan fingerprint density at radius 1 is 1.47 bits per heavy atom. The van der Waals surface area contributed by atoms with Crippen molar-refractivity contribution < 1.29 is 9.59 Å². The van der Waals surface area contributed by atoms with Crippen LogP contribution in [-0.2, 0) is 4.79 Å². The fraction of sp³-hybridized carbons (Fsp3) is 0.182. The van der Waals surface area contributed by atoms with Gasteiger partial charge in [0.1, 0.15) is 5.78 Å². The molecule has 0 saturated heterocycles. The quantitative estimate of drug-likeness (QED) is 0.686. The van der Waals surface area contributed by atoms with E-state index in [0.29, 0.717) is 21.2 Å². The summed E-state index contributed by atoms with van der Waals surface area (Å²) < 4.78 is 0.752. The second-order valence-corrected chi connectivity index (χ2v) is 5.15. The fourth-order valence-electron chi connectivity index (χ4n) is 1.55. The molecular weight excluding hydrogens is 260 g/mol. The van der Waals surface area contributed by atoms with E-state index in [2.05, 4.69) is 4.98 Å². The van der Waals surface area contributed by atoms with Crippen LogP contribution in [0.2, 0.25) is 5.02 Å². The van der Waals surface area contributed by atoms with E-state index in [0.717, 1.165) is 4.70 Å². The molecule has 2 aromatic rings. The number of hydrogen-bond donors (Lipinski definition) is 1. The highest BCUT2D eigenvalue weighted by Crippen LogP contribution is 2.30. The number of Topliss-reactive ketones (excluding diaryl/α,β-unsaturated/α-hetero) is 2. The van der Waals surface area contributed by atoms with Gasteiger partial charge in [0.15, 0.2) is 10.9 Å². The molecule has 4 nitrogen and oxygen atoms in total. The van der Waals surface area contributed by atoms with Crippen LogP contribution in [0.4, 0.5) is 5.13 Å². The lowest BCUT2D eigenvalue weighted by atomic mass is 10.1. The number of nitrogens with zero attached hydrogens (tertiary/aromatic N) is 1. The molecule has 0 bridgehead atoms. The monoisotopic (exact) mass is 268 g/mol. The lowest BCUT2D eigenvalue weighted by molar-refractivity contribution is -0.116. The number of aromatic nitrogens is 1. The zero-order valence-electron chi connectivity index (χ0n) is 8.99. The molecule has 0 fully saturated rings. The van der Waals surface area contributed by atoms with Crippen molar-refractivity contribution >= 4 is 49.9 Å². The number of nitrogen functional groups attached to an aromatic ring is 1. The Labute approximate surface area is 106 Å². The van der Waals surface area contributed by atoms with Crippen molar-refractivity contribution in [3.05, 3.63) is 22.7 Å². The van der Waals surface area contributed by atoms with E-state index >= 15 is 0 Å². The third kappa shape index (κ3) is 2.45. The minimum Gasteiger partial charge on any atom is -0.375 e. The summed E-state index contributed by atoms with van der Waals surface area (Å²) in [5, 5.41) is 0.812. The van der Waals surface area contributed by atoms with Gasteiger partial charge in [0.05, 0.1) is 16.6 Å². The third-order valence-corrected chi connectivity index (χ3v) is 3.24. The van der Waals surface area contributed by atoms with E-state index in [4.69, 9.17) is 17.3 Å². The van der Waals surface area contributed by atoms with Crippen LogP contribution in [0, 0.1) is 0 Å². The summed E-state index contributed by atoms with van der Waals surface area (Å²) >= 11 is 7.18. The van der Waals surface area contributed by atoms with Crippen molar-refractivity contribution in [1.29, 1.82) is 0 Å². The van der Waals surface area contributed by atoms with Gasteiger partial charge in [-0.15, -0.1) is 0 Å². The van der Waals surface area contributed by atoms with Gasteiger partial charge in [0.2, 0.25) is 0 Å². The van der Waals surface area contributed by atoms with Crippen LogP contribution in [0.5, 0.6) is 0 Å². The first-order valence-electron chi connectivity index (χ1n) is 4.85. The molecule has 2 N–H and O–H groups in total. The number of halogens is 1. The van der Waals surface area contributed by atoms with Crippen LogP contribution < -0.4 is 5.73 Å². The molecule has 1 aromatic carbocycles. The molecule has 6 heteroatoms. The predicted octanol–water partition coefficient (Wildman–Crippen LogP) is 2.69. The highest BCUT2D eigenvalue weighted by molar-refractivity contribution is 7.22. The molecule has 2 rings (SSSR count). The Morgan fingerprint density at radius 3 is 2.82 bits per heavy atom. The molecule has 0 aliphatic heterocycles. The first kappa shape index (κ1) is 12.0. The largest absolute Gasteiger partial charge is 0.375 e. The van der Waals surface area contributed by atoms with Gasteiger partial charge in [-0.05, 0) is 19.1 Å². The van der Waals surface area contributed by atoms with Crippen LogP contribution in [0.15, 0.2) is 12.1 Å².